The average molecular weight is 293 g/mol. The fourth-order valence-corrected chi connectivity index (χ4v) is 1.96. The van der Waals surface area contributed by atoms with Gasteiger partial charge in [0.25, 0.3) is 9.05 Å². The van der Waals surface area contributed by atoms with Gasteiger partial charge in [0.2, 0.25) is 5.88 Å². The SMILES string of the molecule is CN(C)C(C)(C)COc1ncccc1S(=O)(=O)Cl. The lowest BCUT2D eigenvalue weighted by Gasteiger charge is -2.32. The molecule has 1 aromatic heterocycles. The van der Waals surface area contributed by atoms with Crippen LogP contribution in [-0.2, 0) is 9.05 Å². The molecule has 0 unspecified atom stereocenters. The maximum absolute atomic E-state index is 11.3. The fourth-order valence-electron chi connectivity index (χ4n) is 1.04. The molecule has 0 saturated heterocycles. The topological polar surface area (TPSA) is 59.5 Å². The Balaban J connectivity index is 2.94. The van der Waals surface area contributed by atoms with E-state index in [4.69, 9.17) is 15.4 Å². The van der Waals surface area contributed by atoms with Gasteiger partial charge in [0.15, 0.2) is 0 Å². The molecule has 0 aliphatic heterocycles. The number of hydrogen-bond donors (Lipinski definition) is 0. The smallest absolute Gasteiger partial charge is 0.266 e. The molecule has 1 rings (SSSR count). The van der Waals surface area contributed by atoms with Crippen LogP contribution >= 0.6 is 10.7 Å². The van der Waals surface area contributed by atoms with E-state index in [1.165, 1.54) is 18.3 Å². The highest BCUT2D eigenvalue weighted by molar-refractivity contribution is 8.13. The predicted octanol–water partition coefficient (Wildman–Crippen LogP) is 1.73. The van der Waals surface area contributed by atoms with Crippen molar-refractivity contribution in [2.45, 2.75) is 24.3 Å². The van der Waals surface area contributed by atoms with Crippen molar-refractivity contribution in [3.8, 4) is 5.88 Å². The Morgan fingerprint density at radius 3 is 2.56 bits per heavy atom. The lowest BCUT2D eigenvalue weighted by Crippen LogP contribution is -2.43. The highest BCUT2D eigenvalue weighted by Gasteiger charge is 2.24. The maximum atomic E-state index is 11.3. The molecular weight excluding hydrogens is 276 g/mol. The average Bonchev–Trinajstić information content (AvgIpc) is 2.25. The molecular formula is C11H17ClN2O3S. The first-order valence-electron chi connectivity index (χ1n) is 5.34. The molecule has 0 aliphatic carbocycles. The Bertz CT molecular complexity index is 515. The van der Waals surface area contributed by atoms with Crippen molar-refractivity contribution >= 4 is 19.7 Å². The third-order valence-electron chi connectivity index (χ3n) is 2.77. The summed E-state index contributed by atoms with van der Waals surface area (Å²) in [5.41, 5.74) is -0.245. The Morgan fingerprint density at radius 1 is 1.44 bits per heavy atom. The minimum atomic E-state index is -3.85. The van der Waals surface area contributed by atoms with Crippen molar-refractivity contribution in [1.29, 1.82) is 0 Å². The summed E-state index contributed by atoms with van der Waals surface area (Å²) in [5, 5.41) is 0. The number of ether oxygens (including phenoxy) is 1. The van der Waals surface area contributed by atoms with Gasteiger partial charge in [0.1, 0.15) is 11.5 Å². The molecule has 0 spiro atoms. The highest BCUT2D eigenvalue weighted by atomic mass is 35.7. The second kappa shape index (κ2) is 5.42. The predicted molar refractivity (Wildman–Crippen MR) is 70.5 cm³/mol. The Kier molecular flexibility index (Phi) is 4.58. The zero-order valence-corrected chi connectivity index (χ0v) is 12.4. The van der Waals surface area contributed by atoms with Crippen LogP contribution in [-0.4, -0.2) is 44.5 Å². The van der Waals surface area contributed by atoms with Crippen LogP contribution in [0.3, 0.4) is 0 Å². The fraction of sp³-hybridized carbons (Fsp3) is 0.545. The van der Waals surface area contributed by atoms with Gasteiger partial charge in [0, 0.05) is 22.4 Å². The Labute approximate surface area is 112 Å². The number of halogens is 1. The second-order valence-electron chi connectivity index (χ2n) is 4.74. The van der Waals surface area contributed by atoms with E-state index in [0.717, 1.165) is 0 Å². The number of hydrogen-bond acceptors (Lipinski definition) is 5. The zero-order valence-electron chi connectivity index (χ0n) is 10.8. The number of pyridine rings is 1. The minimum absolute atomic E-state index is 0.0300. The van der Waals surface area contributed by atoms with Crippen LogP contribution in [0.1, 0.15) is 13.8 Å². The van der Waals surface area contributed by atoms with Crippen molar-refractivity contribution in [3.63, 3.8) is 0 Å². The van der Waals surface area contributed by atoms with Crippen LogP contribution in [0, 0.1) is 0 Å². The molecule has 0 saturated carbocycles. The normalized spacial score (nSPS) is 12.8. The summed E-state index contributed by atoms with van der Waals surface area (Å²) in [4.78, 5) is 5.77. The van der Waals surface area contributed by atoms with Crippen LogP contribution in [0.15, 0.2) is 23.2 Å². The van der Waals surface area contributed by atoms with Gasteiger partial charge >= 0.3 is 0 Å². The molecule has 0 atom stereocenters. The first kappa shape index (κ1) is 15.2. The van der Waals surface area contributed by atoms with Crippen LogP contribution in [0.4, 0.5) is 0 Å². The van der Waals surface area contributed by atoms with Gasteiger partial charge in [-0.1, -0.05) is 0 Å². The third-order valence-corrected chi connectivity index (χ3v) is 4.11. The number of aromatic nitrogens is 1. The summed E-state index contributed by atoms with van der Waals surface area (Å²) in [6.07, 6.45) is 1.46. The lowest BCUT2D eigenvalue weighted by molar-refractivity contribution is 0.109. The molecule has 0 aliphatic rings. The van der Waals surface area contributed by atoms with E-state index in [1.807, 2.05) is 32.8 Å². The summed E-state index contributed by atoms with van der Waals surface area (Å²) in [5.74, 6) is 0.0300. The quantitative estimate of drug-likeness (QED) is 0.774. The van der Waals surface area contributed by atoms with Crippen LogP contribution in [0.5, 0.6) is 5.88 Å². The molecule has 0 radical (unpaired) electrons. The largest absolute Gasteiger partial charge is 0.475 e. The van der Waals surface area contributed by atoms with E-state index < -0.39 is 9.05 Å². The van der Waals surface area contributed by atoms with Crippen molar-refractivity contribution in [2.75, 3.05) is 20.7 Å². The molecule has 1 heterocycles. The Hall–Kier alpha value is -0.850. The van der Waals surface area contributed by atoms with Gasteiger partial charge in [-0.05, 0) is 40.1 Å². The molecule has 1 aromatic rings. The van der Waals surface area contributed by atoms with E-state index in [1.54, 1.807) is 0 Å². The number of nitrogens with zero attached hydrogens (tertiary/aromatic N) is 2. The van der Waals surface area contributed by atoms with Crippen molar-refractivity contribution in [2.24, 2.45) is 0 Å². The van der Waals surface area contributed by atoms with Gasteiger partial charge in [-0.25, -0.2) is 13.4 Å². The number of rotatable bonds is 5. The molecule has 0 bridgehead atoms. The second-order valence-corrected chi connectivity index (χ2v) is 7.27. The van der Waals surface area contributed by atoms with E-state index in [9.17, 15) is 8.42 Å². The summed E-state index contributed by atoms with van der Waals surface area (Å²) in [6.45, 7) is 4.26. The van der Waals surface area contributed by atoms with E-state index in [0.29, 0.717) is 6.61 Å². The van der Waals surface area contributed by atoms with Gasteiger partial charge < -0.3 is 9.64 Å². The molecule has 7 heteroatoms. The zero-order chi connectivity index (χ0) is 14.0. The van der Waals surface area contributed by atoms with Gasteiger partial charge in [0.05, 0.1) is 0 Å². The van der Waals surface area contributed by atoms with Gasteiger partial charge in [-0.15, -0.1) is 0 Å². The van der Waals surface area contributed by atoms with Crippen molar-refractivity contribution in [1.82, 2.24) is 9.88 Å². The number of likely N-dealkylation sites (N-methyl/N-ethyl adjacent to an activating group) is 1. The molecule has 0 N–H and O–H groups in total. The molecule has 18 heavy (non-hydrogen) atoms. The molecule has 102 valence electrons. The molecule has 0 aromatic carbocycles. The molecule has 0 amide bonds. The highest BCUT2D eigenvalue weighted by Crippen LogP contribution is 2.25. The standard InChI is InChI=1S/C11H17ClN2O3S/c1-11(2,14(3)4)8-17-10-9(18(12,15)16)6-5-7-13-10/h5-7H,8H2,1-4H3. The maximum Gasteiger partial charge on any atom is 0.266 e. The van der Waals surface area contributed by atoms with Crippen molar-refractivity contribution in [3.05, 3.63) is 18.3 Å². The lowest BCUT2D eigenvalue weighted by atomic mass is 10.1. The molecule has 5 nitrogen and oxygen atoms in total. The van der Waals surface area contributed by atoms with Crippen LogP contribution in [0.25, 0.3) is 0 Å². The summed E-state index contributed by atoms with van der Waals surface area (Å²) in [7, 11) is 5.30. The monoisotopic (exact) mass is 292 g/mol. The molecule has 0 fully saturated rings. The van der Waals surface area contributed by atoms with Gasteiger partial charge in [-0.2, -0.15) is 0 Å². The Morgan fingerprint density at radius 2 is 2.06 bits per heavy atom. The van der Waals surface area contributed by atoms with E-state index in [2.05, 4.69) is 4.98 Å². The van der Waals surface area contributed by atoms with Crippen molar-refractivity contribution < 1.29 is 13.2 Å². The van der Waals surface area contributed by atoms with E-state index >= 15 is 0 Å². The summed E-state index contributed by atoms with van der Waals surface area (Å²) in [6, 6.07) is 2.87. The van der Waals surface area contributed by atoms with Crippen LogP contribution in [0.2, 0.25) is 0 Å². The van der Waals surface area contributed by atoms with Crippen LogP contribution < -0.4 is 4.74 Å². The minimum Gasteiger partial charge on any atom is -0.475 e. The van der Waals surface area contributed by atoms with E-state index in [-0.39, 0.29) is 16.3 Å². The summed E-state index contributed by atoms with van der Waals surface area (Å²) >= 11 is 0. The third kappa shape index (κ3) is 3.83. The first-order valence-corrected chi connectivity index (χ1v) is 7.65. The summed E-state index contributed by atoms with van der Waals surface area (Å²) < 4.78 is 28.2. The van der Waals surface area contributed by atoms with Gasteiger partial charge in [-0.3, -0.25) is 0 Å². The first-order chi connectivity index (χ1) is 8.14.